The van der Waals surface area contributed by atoms with Crippen LogP contribution in [-0.4, -0.2) is 43.2 Å². The van der Waals surface area contributed by atoms with Crippen LogP contribution in [0.5, 0.6) is 11.5 Å². The first kappa shape index (κ1) is 21.6. The molecule has 0 saturated heterocycles. The molecule has 0 aliphatic carbocycles. The van der Waals surface area contributed by atoms with Gasteiger partial charge in [-0.05, 0) is 43.3 Å². The molecule has 9 nitrogen and oxygen atoms in total. The molecule has 0 bridgehead atoms. The molecular formula is C19H19FN2O7. The Balaban J connectivity index is 1.69. The molecule has 0 unspecified atom stereocenters. The Kier molecular flexibility index (Phi) is 7.89. The van der Waals surface area contributed by atoms with Gasteiger partial charge in [0, 0.05) is 6.07 Å². The molecule has 2 aromatic carbocycles. The van der Waals surface area contributed by atoms with Crippen LogP contribution in [-0.2, 0) is 9.53 Å². The van der Waals surface area contributed by atoms with Gasteiger partial charge < -0.3 is 19.5 Å². The van der Waals surface area contributed by atoms with Crippen LogP contribution in [0.25, 0.3) is 0 Å². The van der Waals surface area contributed by atoms with Gasteiger partial charge in [-0.2, -0.15) is 4.39 Å². The third-order valence-electron chi connectivity index (χ3n) is 3.54. The normalized spacial score (nSPS) is 10.1. The Morgan fingerprint density at radius 2 is 1.76 bits per heavy atom. The molecule has 10 heteroatoms. The van der Waals surface area contributed by atoms with Gasteiger partial charge in [-0.3, -0.25) is 14.9 Å². The van der Waals surface area contributed by atoms with Gasteiger partial charge in [-0.25, -0.2) is 4.79 Å². The number of ether oxygens (including phenoxy) is 3. The van der Waals surface area contributed by atoms with E-state index in [1.54, 1.807) is 24.3 Å². The topological polar surface area (TPSA) is 117 Å². The van der Waals surface area contributed by atoms with E-state index in [0.29, 0.717) is 18.4 Å². The van der Waals surface area contributed by atoms with Crippen molar-refractivity contribution in [2.45, 2.75) is 6.92 Å². The summed E-state index contributed by atoms with van der Waals surface area (Å²) in [6.45, 7) is 2.24. The molecule has 0 radical (unpaired) electrons. The first-order valence-electron chi connectivity index (χ1n) is 8.64. The lowest BCUT2D eigenvalue weighted by atomic mass is 10.2. The highest BCUT2D eigenvalue weighted by atomic mass is 19.1. The number of halogens is 1. The molecule has 0 heterocycles. The van der Waals surface area contributed by atoms with Crippen LogP contribution in [0.15, 0.2) is 42.5 Å². The second kappa shape index (κ2) is 10.6. The zero-order valence-electron chi connectivity index (χ0n) is 15.6. The van der Waals surface area contributed by atoms with Gasteiger partial charge in [-0.1, -0.05) is 0 Å². The van der Waals surface area contributed by atoms with Gasteiger partial charge in [0.05, 0.1) is 23.6 Å². The number of rotatable bonds is 10. The lowest BCUT2D eigenvalue weighted by Gasteiger charge is -2.09. The van der Waals surface area contributed by atoms with Crippen LogP contribution in [0.3, 0.4) is 0 Å². The summed E-state index contributed by atoms with van der Waals surface area (Å²) in [5.74, 6) is -1.38. The molecule has 154 valence electrons. The molecule has 29 heavy (non-hydrogen) atoms. The predicted octanol–water partition coefficient (Wildman–Crippen LogP) is 2.48. The summed E-state index contributed by atoms with van der Waals surface area (Å²) < 4.78 is 29.0. The molecule has 2 aromatic rings. The number of nitro benzene ring substituents is 1. The maximum atomic E-state index is 13.5. The van der Waals surface area contributed by atoms with Crippen molar-refractivity contribution in [3.8, 4) is 11.5 Å². The van der Waals surface area contributed by atoms with E-state index in [9.17, 15) is 24.1 Å². The SMILES string of the molecule is CCOc1ccc(OCCNC(=O)COC(=O)c2ccc([N+](=O)[O-])c(F)c2)cc1. The Bertz CT molecular complexity index is 871. The molecule has 0 aliphatic heterocycles. The van der Waals surface area contributed by atoms with E-state index in [-0.39, 0.29) is 18.7 Å². The quantitative estimate of drug-likeness (QED) is 0.279. The van der Waals surface area contributed by atoms with E-state index in [4.69, 9.17) is 14.2 Å². The Morgan fingerprint density at radius 3 is 2.34 bits per heavy atom. The van der Waals surface area contributed by atoms with Gasteiger partial charge in [0.15, 0.2) is 6.61 Å². The number of nitrogens with one attached hydrogen (secondary N) is 1. The molecule has 0 fully saturated rings. The lowest BCUT2D eigenvalue weighted by molar-refractivity contribution is -0.387. The number of nitrogens with zero attached hydrogens (tertiary/aromatic N) is 1. The Hall–Kier alpha value is -3.69. The van der Waals surface area contributed by atoms with Crippen molar-refractivity contribution in [1.82, 2.24) is 5.32 Å². The Labute approximate surface area is 165 Å². The highest BCUT2D eigenvalue weighted by Crippen LogP contribution is 2.19. The van der Waals surface area contributed by atoms with E-state index in [1.165, 1.54) is 0 Å². The van der Waals surface area contributed by atoms with Crippen molar-refractivity contribution >= 4 is 17.6 Å². The van der Waals surface area contributed by atoms with E-state index >= 15 is 0 Å². The number of hydrogen-bond acceptors (Lipinski definition) is 7. The van der Waals surface area contributed by atoms with E-state index in [1.807, 2.05) is 6.92 Å². The van der Waals surface area contributed by atoms with Crippen molar-refractivity contribution in [3.05, 3.63) is 64.0 Å². The van der Waals surface area contributed by atoms with Crippen LogP contribution >= 0.6 is 0 Å². The summed E-state index contributed by atoms with van der Waals surface area (Å²) in [5, 5.41) is 13.1. The van der Waals surface area contributed by atoms with Gasteiger partial charge in [0.1, 0.15) is 18.1 Å². The fraction of sp³-hybridized carbons (Fsp3) is 0.263. The maximum absolute atomic E-state index is 13.5. The monoisotopic (exact) mass is 406 g/mol. The first-order chi connectivity index (χ1) is 13.9. The number of carbonyl (C=O) groups excluding carboxylic acids is 2. The average Bonchev–Trinajstić information content (AvgIpc) is 2.70. The van der Waals surface area contributed by atoms with E-state index < -0.39 is 34.9 Å². The minimum atomic E-state index is -1.17. The van der Waals surface area contributed by atoms with Crippen LogP contribution in [0.1, 0.15) is 17.3 Å². The van der Waals surface area contributed by atoms with Gasteiger partial charge in [0.25, 0.3) is 5.91 Å². The van der Waals surface area contributed by atoms with Crippen molar-refractivity contribution in [2.75, 3.05) is 26.4 Å². The standard InChI is InChI=1S/C19H19FN2O7/c1-2-27-14-4-6-15(7-5-14)28-10-9-21-18(23)12-29-19(24)13-3-8-17(22(25)26)16(20)11-13/h3-8,11H,2,9-10,12H2,1H3,(H,21,23). The minimum Gasteiger partial charge on any atom is -0.494 e. The number of carbonyl (C=O) groups is 2. The highest BCUT2D eigenvalue weighted by Gasteiger charge is 2.18. The third kappa shape index (κ3) is 6.76. The summed E-state index contributed by atoms with van der Waals surface area (Å²) in [6, 6.07) is 9.57. The molecular weight excluding hydrogens is 387 g/mol. The number of benzene rings is 2. The summed E-state index contributed by atoms with van der Waals surface area (Å²) in [6.07, 6.45) is 0. The number of esters is 1. The maximum Gasteiger partial charge on any atom is 0.338 e. The minimum absolute atomic E-state index is 0.176. The predicted molar refractivity (Wildman–Crippen MR) is 99.5 cm³/mol. The summed E-state index contributed by atoms with van der Waals surface area (Å²) in [7, 11) is 0. The second-order valence-electron chi connectivity index (χ2n) is 5.60. The fourth-order valence-corrected chi connectivity index (χ4v) is 2.21. The van der Waals surface area contributed by atoms with Crippen molar-refractivity contribution in [1.29, 1.82) is 0 Å². The van der Waals surface area contributed by atoms with Crippen molar-refractivity contribution in [2.24, 2.45) is 0 Å². The van der Waals surface area contributed by atoms with Gasteiger partial charge in [-0.15, -0.1) is 0 Å². The smallest absolute Gasteiger partial charge is 0.338 e. The first-order valence-corrected chi connectivity index (χ1v) is 8.64. The molecule has 0 saturated carbocycles. The van der Waals surface area contributed by atoms with E-state index in [2.05, 4.69) is 5.32 Å². The highest BCUT2D eigenvalue weighted by molar-refractivity contribution is 5.91. The van der Waals surface area contributed by atoms with Crippen LogP contribution < -0.4 is 14.8 Å². The van der Waals surface area contributed by atoms with Crippen molar-refractivity contribution in [3.63, 3.8) is 0 Å². The molecule has 0 spiro atoms. The average molecular weight is 406 g/mol. The zero-order chi connectivity index (χ0) is 21.2. The van der Waals surface area contributed by atoms with E-state index in [0.717, 1.165) is 17.9 Å². The third-order valence-corrected chi connectivity index (χ3v) is 3.54. The molecule has 2 rings (SSSR count). The zero-order valence-corrected chi connectivity index (χ0v) is 15.6. The summed E-state index contributed by atoms with van der Waals surface area (Å²) >= 11 is 0. The molecule has 1 amide bonds. The lowest BCUT2D eigenvalue weighted by Crippen LogP contribution is -2.32. The number of nitro groups is 1. The van der Waals surface area contributed by atoms with Gasteiger partial charge in [0.2, 0.25) is 5.82 Å². The van der Waals surface area contributed by atoms with Gasteiger partial charge >= 0.3 is 11.7 Å². The number of amides is 1. The summed E-state index contributed by atoms with van der Waals surface area (Å²) in [5.41, 5.74) is -0.994. The summed E-state index contributed by atoms with van der Waals surface area (Å²) in [4.78, 5) is 33.1. The molecule has 0 aliphatic rings. The fourth-order valence-electron chi connectivity index (χ4n) is 2.21. The Morgan fingerprint density at radius 1 is 1.10 bits per heavy atom. The van der Waals surface area contributed by atoms with Crippen molar-refractivity contribution < 1.29 is 33.1 Å². The molecule has 1 N–H and O–H groups in total. The number of hydrogen-bond donors (Lipinski definition) is 1. The largest absolute Gasteiger partial charge is 0.494 e. The second-order valence-corrected chi connectivity index (χ2v) is 5.60. The van der Waals surface area contributed by atoms with Crippen LogP contribution in [0.4, 0.5) is 10.1 Å². The molecule has 0 atom stereocenters. The molecule has 0 aromatic heterocycles. The van der Waals surface area contributed by atoms with Crippen LogP contribution in [0, 0.1) is 15.9 Å². The van der Waals surface area contributed by atoms with Crippen LogP contribution in [0.2, 0.25) is 0 Å².